The number of fused-ring (bicyclic) bond motifs is 1. The van der Waals surface area contributed by atoms with Crippen LogP contribution in [0.15, 0.2) is 34.9 Å². The van der Waals surface area contributed by atoms with Gasteiger partial charge in [-0.25, -0.2) is 0 Å². The monoisotopic (exact) mass is 334 g/mol. The molecule has 0 aliphatic carbocycles. The maximum atomic E-state index is 5.80. The van der Waals surface area contributed by atoms with Crippen molar-refractivity contribution in [2.45, 2.75) is 31.9 Å². The second-order valence-corrected chi connectivity index (χ2v) is 6.47. The highest BCUT2D eigenvalue weighted by atomic mass is 79.9. The van der Waals surface area contributed by atoms with Gasteiger partial charge in [0.15, 0.2) is 0 Å². The van der Waals surface area contributed by atoms with Crippen molar-refractivity contribution in [3.05, 3.63) is 40.5 Å². The van der Waals surface area contributed by atoms with Gasteiger partial charge in [-0.3, -0.25) is 4.98 Å². The van der Waals surface area contributed by atoms with Crippen LogP contribution in [0.4, 0.5) is 0 Å². The van der Waals surface area contributed by atoms with Crippen LogP contribution in [-0.2, 0) is 11.3 Å². The lowest BCUT2D eigenvalue weighted by atomic mass is 10.0. The zero-order chi connectivity index (χ0) is 14.0. The van der Waals surface area contributed by atoms with Crippen LogP contribution >= 0.6 is 15.9 Å². The molecule has 0 bridgehead atoms. The van der Waals surface area contributed by atoms with Gasteiger partial charge in [0, 0.05) is 35.8 Å². The first-order valence-electron chi connectivity index (χ1n) is 7.05. The van der Waals surface area contributed by atoms with Crippen molar-refractivity contribution in [3.63, 3.8) is 0 Å². The molecule has 3 rings (SSSR count). The lowest BCUT2D eigenvalue weighted by Gasteiger charge is -2.23. The maximum absolute atomic E-state index is 5.80. The summed E-state index contributed by atoms with van der Waals surface area (Å²) in [6, 6.07) is 8.29. The molecule has 106 valence electrons. The van der Waals surface area contributed by atoms with E-state index in [9.17, 15) is 0 Å². The Balaban J connectivity index is 1.73. The number of hydrogen-bond donors (Lipinski definition) is 1. The number of benzene rings is 1. The molecule has 0 amide bonds. The molecule has 1 fully saturated rings. The molecule has 0 spiro atoms. The Bertz CT molecular complexity index is 608. The van der Waals surface area contributed by atoms with E-state index in [1.807, 2.05) is 12.3 Å². The second kappa shape index (κ2) is 5.80. The lowest BCUT2D eigenvalue weighted by Crippen LogP contribution is -2.36. The SMILES string of the molecule is CC1(CNCc2ccc(Br)c3cccnc23)CCCO1. The minimum absolute atomic E-state index is 0.00139. The fourth-order valence-electron chi connectivity index (χ4n) is 2.78. The standard InChI is InChI=1S/C16H19BrN2O/c1-16(7-3-9-20-16)11-18-10-12-5-6-14(17)13-4-2-8-19-15(12)13/h2,4-6,8,18H,3,7,9-11H2,1H3. The van der Waals surface area contributed by atoms with Gasteiger partial charge in [-0.2, -0.15) is 0 Å². The van der Waals surface area contributed by atoms with Gasteiger partial charge in [0.2, 0.25) is 0 Å². The third-order valence-corrected chi connectivity index (χ3v) is 4.61. The zero-order valence-electron chi connectivity index (χ0n) is 11.7. The second-order valence-electron chi connectivity index (χ2n) is 5.61. The number of nitrogens with one attached hydrogen (secondary N) is 1. The molecular formula is C16H19BrN2O. The van der Waals surface area contributed by atoms with Crippen LogP contribution in [0.2, 0.25) is 0 Å². The molecule has 1 aliphatic heterocycles. The summed E-state index contributed by atoms with van der Waals surface area (Å²) < 4.78 is 6.89. The average molecular weight is 335 g/mol. The lowest BCUT2D eigenvalue weighted by molar-refractivity contribution is 0.0207. The predicted molar refractivity (Wildman–Crippen MR) is 84.7 cm³/mol. The van der Waals surface area contributed by atoms with E-state index in [2.05, 4.69) is 51.4 Å². The van der Waals surface area contributed by atoms with Gasteiger partial charge < -0.3 is 10.1 Å². The van der Waals surface area contributed by atoms with E-state index < -0.39 is 0 Å². The fourth-order valence-corrected chi connectivity index (χ4v) is 3.23. The summed E-state index contributed by atoms with van der Waals surface area (Å²) in [6.07, 6.45) is 4.15. The van der Waals surface area contributed by atoms with E-state index in [4.69, 9.17) is 4.74 Å². The molecule has 4 heteroatoms. The Kier molecular flexibility index (Phi) is 4.06. The van der Waals surface area contributed by atoms with E-state index in [0.717, 1.165) is 41.5 Å². The molecule has 1 N–H and O–H groups in total. The molecular weight excluding hydrogens is 316 g/mol. The smallest absolute Gasteiger partial charge is 0.0779 e. The molecule has 3 nitrogen and oxygen atoms in total. The van der Waals surface area contributed by atoms with E-state index in [0.29, 0.717) is 0 Å². The number of ether oxygens (including phenoxy) is 1. The van der Waals surface area contributed by atoms with Crippen molar-refractivity contribution >= 4 is 26.8 Å². The third kappa shape index (κ3) is 2.87. The highest BCUT2D eigenvalue weighted by Gasteiger charge is 2.29. The summed E-state index contributed by atoms with van der Waals surface area (Å²) in [6.45, 7) is 4.78. The van der Waals surface area contributed by atoms with Gasteiger partial charge >= 0.3 is 0 Å². The number of nitrogens with zero attached hydrogens (tertiary/aromatic N) is 1. The Morgan fingerprint density at radius 3 is 3.10 bits per heavy atom. The summed E-state index contributed by atoms with van der Waals surface area (Å²) >= 11 is 3.58. The van der Waals surface area contributed by atoms with Crippen molar-refractivity contribution in [3.8, 4) is 0 Å². The third-order valence-electron chi connectivity index (χ3n) is 3.91. The maximum Gasteiger partial charge on any atom is 0.0779 e. The minimum atomic E-state index is -0.00139. The predicted octanol–water partition coefficient (Wildman–Crippen LogP) is 3.66. The highest BCUT2D eigenvalue weighted by Crippen LogP contribution is 2.26. The first-order chi connectivity index (χ1) is 9.68. The number of aromatic nitrogens is 1. The molecule has 1 atom stereocenters. The van der Waals surface area contributed by atoms with Crippen molar-refractivity contribution in [1.82, 2.24) is 10.3 Å². The Morgan fingerprint density at radius 2 is 2.30 bits per heavy atom. The fraction of sp³-hybridized carbons (Fsp3) is 0.438. The highest BCUT2D eigenvalue weighted by molar-refractivity contribution is 9.10. The van der Waals surface area contributed by atoms with Crippen molar-refractivity contribution in [2.24, 2.45) is 0 Å². The van der Waals surface area contributed by atoms with Gasteiger partial charge in [0.05, 0.1) is 11.1 Å². The Morgan fingerprint density at radius 1 is 1.40 bits per heavy atom. The number of halogens is 1. The van der Waals surface area contributed by atoms with E-state index in [1.165, 1.54) is 12.0 Å². The van der Waals surface area contributed by atoms with E-state index in [1.54, 1.807) is 0 Å². The van der Waals surface area contributed by atoms with E-state index in [-0.39, 0.29) is 5.60 Å². The largest absolute Gasteiger partial charge is 0.374 e. The Labute approximate surface area is 127 Å². The minimum Gasteiger partial charge on any atom is -0.374 e. The first-order valence-corrected chi connectivity index (χ1v) is 7.84. The van der Waals surface area contributed by atoms with Gasteiger partial charge in [-0.15, -0.1) is 0 Å². The van der Waals surface area contributed by atoms with Crippen LogP contribution in [0.5, 0.6) is 0 Å². The van der Waals surface area contributed by atoms with Crippen molar-refractivity contribution in [1.29, 1.82) is 0 Å². The van der Waals surface area contributed by atoms with Gasteiger partial charge in [0.1, 0.15) is 0 Å². The van der Waals surface area contributed by atoms with Gasteiger partial charge in [-0.05, 0) is 37.5 Å². The number of pyridine rings is 1. The quantitative estimate of drug-likeness (QED) is 0.926. The summed E-state index contributed by atoms with van der Waals surface area (Å²) in [5, 5.41) is 4.68. The average Bonchev–Trinajstić information content (AvgIpc) is 2.89. The van der Waals surface area contributed by atoms with Crippen LogP contribution in [-0.4, -0.2) is 23.7 Å². The van der Waals surface area contributed by atoms with Crippen LogP contribution in [0.1, 0.15) is 25.3 Å². The van der Waals surface area contributed by atoms with Gasteiger partial charge in [-0.1, -0.05) is 28.1 Å². The topological polar surface area (TPSA) is 34.2 Å². The Hall–Kier alpha value is -0.970. The molecule has 2 heterocycles. The molecule has 1 aromatic heterocycles. The number of rotatable bonds is 4. The first kappa shape index (κ1) is 14.0. The molecule has 2 aromatic rings. The van der Waals surface area contributed by atoms with Crippen LogP contribution in [0, 0.1) is 0 Å². The molecule has 20 heavy (non-hydrogen) atoms. The van der Waals surface area contributed by atoms with E-state index >= 15 is 0 Å². The van der Waals surface area contributed by atoms with Crippen molar-refractivity contribution < 1.29 is 4.74 Å². The van der Waals surface area contributed by atoms with Crippen LogP contribution in [0.25, 0.3) is 10.9 Å². The van der Waals surface area contributed by atoms with Crippen LogP contribution < -0.4 is 5.32 Å². The molecule has 1 unspecified atom stereocenters. The van der Waals surface area contributed by atoms with Gasteiger partial charge in [0.25, 0.3) is 0 Å². The summed E-state index contributed by atoms with van der Waals surface area (Å²) in [5.41, 5.74) is 2.29. The van der Waals surface area contributed by atoms with Crippen LogP contribution in [0.3, 0.4) is 0 Å². The summed E-state index contributed by atoms with van der Waals surface area (Å²) in [5.74, 6) is 0. The normalized spacial score (nSPS) is 22.5. The molecule has 0 radical (unpaired) electrons. The van der Waals surface area contributed by atoms with Crippen molar-refractivity contribution in [2.75, 3.05) is 13.2 Å². The zero-order valence-corrected chi connectivity index (χ0v) is 13.2. The summed E-state index contributed by atoms with van der Waals surface area (Å²) in [4.78, 5) is 4.51. The molecule has 1 aliphatic rings. The molecule has 1 aromatic carbocycles. The molecule has 1 saturated heterocycles. The molecule has 0 saturated carbocycles. The number of hydrogen-bond acceptors (Lipinski definition) is 3. The summed E-state index contributed by atoms with van der Waals surface area (Å²) in [7, 11) is 0.